The predicted octanol–water partition coefficient (Wildman–Crippen LogP) is 3.78. The van der Waals surface area contributed by atoms with Gasteiger partial charge in [0.05, 0.1) is 9.35 Å². The van der Waals surface area contributed by atoms with Gasteiger partial charge in [0.2, 0.25) is 5.82 Å². The van der Waals surface area contributed by atoms with Crippen LogP contribution in [0.1, 0.15) is 0 Å². The highest BCUT2D eigenvalue weighted by Gasteiger charge is 2.29. The molecule has 1 aromatic carbocycles. The fourth-order valence-corrected chi connectivity index (χ4v) is 4.32. The highest BCUT2D eigenvalue weighted by atomic mass is 79.9. The van der Waals surface area contributed by atoms with Crippen LogP contribution in [0.5, 0.6) is 0 Å². The number of thiophene rings is 1. The van der Waals surface area contributed by atoms with Crippen LogP contribution in [0.4, 0.5) is 22.0 Å². The maximum absolute atomic E-state index is 13.6. The van der Waals surface area contributed by atoms with Crippen LogP contribution >= 0.6 is 27.3 Å². The average molecular weight is 408 g/mol. The topological polar surface area (TPSA) is 57.2 Å². The fraction of sp³-hybridized carbons (Fsp3) is 0. The third kappa shape index (κ3) is 2.70. The van der Waals surface area contributed by atoms with Gasteiger partial charge in [0, 0.05) is 5.56 Å². The Kier molecular flexibility index (Phi) is 4.12. The zero-order chi connectivity index (χ0) is 16.1. The van der Waals surface area contributed by atoms with Crippen LogP contribution in [-0.2, 0) is 10.1 Å². The summed E-state index contributed by atoms with van der Waals surface area (Å²) in [6, 6.07) is 0.785. The van der Waals surface area contributed by atoms with E-state index in [0.29, 0.717) is 11.3 Å². The first kappa shape index (κ1) is 16.3. The molecule has 0 atom stereocenters. The van der Waals surface area contributed by atoms with Crippen LogP contribution in [0.15, 0.2) is 14.1 Å². The molecule has 2 aromatic rings. The summed E-state index contributed by atoms with van der Waals surface area (Å²) in [6.45, 7) is 0. The van der Waals surface area contributed by atoms with Gasteiger partial charge in [-0.1, -0.05) is 0 Å². The van der Waals surface area contributed by atoms with Crippen LogP contribution in [0.2, 0.25) is 0 Å². The van der Waals surface area contributed by atoms with Gasteiger partial charge < -0.3 is 4.55 Å². The Morgan fingerprint density at radius 3 is 1.81 bits per heavy atom. The molecule has 3 nitrogen and oxygen atoms in total. The number of hydrogen-bond donors (Lipinski definition) is 0. The molecule has 1 aromatic heterocycles. The number of halogens is 6. The fourth-order valence-electron chi connectivity index (χ4n) is 1.55. The number of rotatable bonds is 2. The molecule has 114 valence electrons. The lowest BCUT2D eigenvalue weighted by molar-refractivity contribution is 0.381. The van der Waals surface area contributed by atoms with E-state index >= 15 is 0 Å². The molecule has 0 aliphatic rings. The van der Waals surface area contributed by atoms with E-state index in [1.165, 1.54) is 0 Å². The highest BCUT2D eigenvalue weighted by molar-refractivity contribution is 9.11. The maximum atomic E-state index is 13.6. The molecule has 11 heteroatoms. The van der Waals surface area contributed by atoms with E-state index in [2.05, 4.69) is 15.9 Å². The van der Waals surface area contributed by atoms with Gasteiger partial charge in [-0.2, -0.15) is 0 Å². The smallest absolute Gasteiger partial charge is 0.200 e. The van der Waals surface area contributed by atoms with E-state index in [1.807, 2.05) is 0 Å². The molecule has 0 aliphatic heterocycles. The molecule has 0 bridgehead atoms. The van der Waals surface area contributed by atoms with Crippen molar-refractivity contribution in [2.45, 2.75) is 4.21 Å². The molecule has 2 rings (SSSR count). The van der Waals surface area contributed by atoms with Gasteiger partial charge in [-0.25, -0.2) is 30.4 Å². The van der Waals surface area contributed by atoms with Crippen LogP contribution in [0.3, 0.4) is 0 Å². The normalized spacial score (nSPS) is 12.0. The molecule has 1 heterocycles. The van der Waals surface area contributed by atoms with Crippen molar-refractivity contribution in [3.05, 3.63) is 38.9 Å². The van der Waals surface area contributed by atoms with Crippen LogP contribution < -0.4 is 0 Å². The molecule has 0 N–H and O–H groups in total. The second-order valence-corrected chi connectivity index (χ2v) is 7.66. The van der Waals surface area contributed by atoms with Gasteiger partial charge in [-0.15, -0.1) is 11.3 Å². The first-order valence-corrected chi connectivity index (χ1v) is 7.84. The van der Waals surface area contributed by atoms with Crippen molar-refractivity contribution in [2.24, 2.45) is 0 Å². The van der Waals surface area contributed by atoms with Crippen LogP contribution in [0.25, 0.3) is 11.1 Å². The summed E-state index contributed by atoms with van der Waals surface area (Å²) >= 11 is 3.08. The third-order valence-electron chi connectivity index (χ3n) is 2.37. The molecular weight excluding hydrogens is 407 g/mol. The van der Waals surface area contributed by atoms with Crippen LogP contribution in [-0.4, -0.2) is 13.0 Å². The van der Waals surface area contributed by atoms with Crippen molar-refractivity contribution < 1.29 is 34.9 Å². The summed E-state index contributed by atoms with van der Waals surface area (Å²) in [4.78, 5) is 0. The zero-order valence-electron chi connectivity index (χ0n) is 9.39. The highest BCUT2D eigenvalue weighted by Crippen LogP contribution is 2.41. The molecule has 0 radical (unpaired) electrons. The summed E-state index contributed by atoms with van der Waals surface area (Å²) in [6.07, 6.45) is 0. The number of benzene rings is 1. The van der Waals surface area contributed by atoms with Crippen molar-refractivity contribution in [2.75, 3.05) is 0 Å². The summed E-state index contributed by atoms with van der Waals surface area (Å²) in [5, 5.41) is 0. The van der Waals surface area contributed by atoms with E-state index in [1.54, 1.807) is 0 Å². The summed E-state index contributed by atoms with van der Waals surface area (Å²) in [5.41, 5.74) is -2.36. The van der Waals surface area contributed by atoms with Crippen molar-refractivity contribution in [3.63, 3.8) is 0 Å². The molecule has 0 spiro atoms. The summed E-state index contributed by atoms with van der Waals surface area (Å²) in [5.74, 6) is -11.3. The minimum Gasteiger partial charge on any atom is -0.743 e. The third-order valence-corrected chi connectivity index (χ3v) is 5.34. The van der Waals surface area contributed by atoms with E-state index in [9.17, 15) is 34.9 Å². The molecule has 0 saturated heterocycles. The molecule has 0 unspecified atom stereocenters. The average Bonchev–Trinajstić information content (AvgIpc) is 2.76. The van der Waals surface area contributed by atoms with Crippen molar-refractivity contribution >= 4 is 37.4 Å². The monoisotopic (exact) mass is 407 g/mol. The predicted molar refractivity (Wildman–Crippen MR) is 65.2 cm³/mol. The first-order chi connectivity index (χ1) is 9.55. The van der Waals surface area contributed by atoms with Gasteiger partial charge in [0.25, 0.3) is 0 Å². The Labute approximate surface area is 126 Å². The molecule has 0 fully saturated rings. The zero-order valence-corrected chi connectivity index (χ0v) is 12.6. The lowest BCUT2D eigenvalue weighted by Crippen LogP contribution is -2.06. The summed E-state index contributed by atoms with van der Waals surface area (Å²) in [7, 11) is -5.16. The molecule has 0 amide bonds. The number of hydrogen-bond acceptors (Lipinski definition) is 4. The Balaban J connectivity index is 2.93. The van der Waals surface area contributed by atoms with E-state index in [0.717, 1.165) is 6.07 Å². The van der Waals surface area contributed by atoms with Gasteiger partial charge in [0.15, 0.2) is 23.3 Å². The van der Waals surface area contributed by atoms with Crippen LogP contribution in [0, 0.1) is 29.1 Å². The van der Waals surface area contributed by atoms with E-state index in [-0.39, 0.29) is 3.79 Å². The molecule has 0 saturated carbocycles. The van der Waals surface area contributed by atoms with Crippen molar-refractivity contribution in [1.29, 1.82) is 0 Å². The Hall–Kier alpha value is -1.04. The largest absolute Gasteiger partial charge is 0.743 e. The van der Waals surface area contributed by atoms with Gasteiger partial charge in [-0.05, 0) is 22.0 Å². The second kappa shape index (κ2) is 5.30. The Bertz CT molecular complexity index is 818. The van der Waals surface area contributed by atoms with E-state index < -0.39 is 54.5 Å². The lowest BCUT2D eigenvalue weighted by Gasteiger charge is -2.11. The minimum atomic E-state index is -5.16. The summed E-state index contributed by atoms with van der Waals surface area (Å²) < 4.78 is 98.5. The van der Waals surface area contributed by atoms with Crippen molar-refractivity contribution in [3.8, 4) is 11.1 Å². The quantitative estimate of drug-likeness (QED) is 0.329. The van der Waals surface area contributed by atoms with Gasteiger partial charge in [-0.3, -0.25) is 0 Å². The molecule has 21 heavy (non-hydrogen) atoms. The molecular formula is C10HBrF5O3S2-. The lowest BCUT2D eigenvalue weighted by atomic mass is 10.1. The van der Waals surface area contributed by atoms with Gasteiger partial charge >= 0.3 is 0 Å². The molecule has 0 aliphatic carbocycles. The standard InChI is InChI=1S/C10H2BrF5O3S2/c11-3-1-2(10(20-3)21(17,18)19)4-5(12)7(14)9(16)8(15)6(4)13/h1H,(H,17,18,19)/p-1. The minimum absolute atomic E-state index is 0.0316. The second-order valence-electron chi connectivity index (χ2n) is 3.65. The van der Waals surface area contributed by atoms with Crippen molar-refractivity contribution in [1.82, 2.24) is 0 Å². The SMILES string of the molecule is O=S(=O)([O-])c1sc(Br)cc1-c1c(F)c(F)c(F)c(F)c1F. The Morgan fingerprint density at radius 2 is 1.38 bits per heavy atom. The van der Waals surface area contributed by atoms with E-state index in [4.69, 9.17) is 0 Å². The maximum Gasteiger partial charge on any atom is 0.200 e. The Morgan fingerprint density at radius 1 is 0.952 bits per heavy atom. The van der Waals surface area contributed by atoms with Gasteiger partial charge in [0.1, 0.15) is 14.3 Å². The first-order valence-electron chi connectivity index (χ1n) is 4.82.